The molecule has 0 spiro atoms. The van der Waals surface area contributed by atoms with Crippen LogP contribution in [0.1, 0.15) is 30.9 Å². The summed E-state index contributed by atoms with van der Waals surface area (Å²) >= 11 is 6.29. The molecule has 0 saturated carbocycles. The summed E-state index contributed by atoms with van der Waals surface area (Å²) in [5.41, 5.74) is 2.32. The first-order valence-electron chi connectivity index (χ1n) is 9.77. The number of amides is 1. The summed E-state index contributed by atoms with van der Waals surface area (Å²) < 4.78 is 38.0. The van der Waals surface area contributed by atoms with Gasteiger partial charge >= 0.3 is 0 Å². The Morgan fingerprint density at radius 2 is 1.90 bits per heavy atom. The van der Waals surface area contributed by atoms with E-state index in [0.29, 0.717) is 58.7 Å². The average molecular weight is 453 g/mol. The fraction of sp³-hybridized carbons (Fsp3) is 0.381. The van der Waals surface area contributed by atoms with Crippen LogP contribution in [0.4, 0.5) is 11.4 Å². The first kappa shape index (κ1) is 22.2. The Labute approximate surface area is 181 Å². The van der Waals surface area contributed by atoms with Crippen LogP contribution in [0.2, 0.25) is 5.02 Å². The molecule has 2 N–H and O–H groups in total. The molecule has 9 heteroatoms. The quantitative estimate of drug-likeness (QED) is 0.658. The largest absolute Gasteiger partial charge is 0.489 e. The van der Waals surface area contributed by atoms with Gasteiger partial charge in [0.15, 0.2) is 11.5 Å². The highest BCUT2D eigenvalue weighted by Crippen LogP contribution is 2.38. The second-order valence-electron chi connectivity index (χ2n) is 7.08. The van der Waals surface area contributed by atoms with Crippen LogP contribution in [0.15, 0.2) is 30.3 Å². The van der Waals surface area contributed by atoms with E-state index in [0.717, 1.165) is 6.42 Å². The van der Waals surface area contributed by atoms with Crippen LogP contribution < -0.4 is 19.5 Å². The van der Waals surface area contributed by atoms with E-state index in [2.05, 4.69) is 10.0 Å². The summed E-state index contributed by atoms with van der Waals surface area (Å²) in [6, 6.07) is 8.54. The van der Waals surface area contributed by atoms with E-state index in [4.69, 9.17) is 21.1 Å². The number of benzene rings is 2. The fourth-order valence-electron chi connectivity index (χ4n) is 3.13. The van der Waals surface area contributed by atoms with Gasteiger partial charge in [0.05, 0.1) is 36.1 Å². The van der Waals surface area contributed by atoms with Crippen molar-refractivity contribution >= 4 is 38.9 Å². The molecule has 1 amide bonds. The number of rotatable bonds is 7. The van der Waals surface area contributed by atoms with Gasteiger partial charge in [-0.15, -0.1) is 0 Å². The molecule has 0 bridgehead atoms. The van der Waals surface area contributed by atoms with Crippen molar-refractivity contribution in [2.45, 2.75) is 33.1 Å². The molecular formula is C21H25ClN2O5S. The number of hydrogen-bond donors (Lipinski definition) is 2. The maximum absolute atomic E-state index is 12.6. The van der Waals surface area contributed by atoms with Gasteiger partial charge in [-0.2, -0.15) is 0 Å². The summed E-state index contributed by atoms with van der Waals surface area (Å²) in [6.45, 7) is 4.61. The number of carbonyl (C=O) groups excluding carboxylic acids is 1. The van der Waals surface area contributed by atoms with Crippen molar-refractivity contribution in [3.63, 3.8) is 0 Å². The van der Waals surface area contributed by atoms with Crippen molar-refractivity contribution in [1.29, 1.82) is 0 Å². The van der Waals surface area contributed by atoms with Crippen molar-refractivity contribution in [2.24, 2.45) is 0 Å². The number of carbonyl (C=O) groups is 1. The topological polar surface area (TPSA) is 93.7 Å². The van der Waals surface area contributed by atoms with Crippen LogP contribution >= 0.6 is 11.6 Å². The number of fused-ring (bicyclic) bond motifs is 1. The number of ether oxygens (including phenoxy) is 2. The Bertz CT molecular complexity index is 1040. The molecule has 162 valence electrons. The smallest absolute Gasteiger partial charge is 0.232 e. The van der Waals surface area contributed by atoms with E-state index in [9.17, 15) is 13.2 Å². The van der Waals surface area contributed by atoms with Gasteiger partial charge in [0.25, 0.3) is 0 Å². The maximum atomic E-state index is 12.6. The highest BCUT2D eigenvalue weighted by molar-refractivity contribution is 7.92. The van der Waals surface area contributed by atoms with Crippen LogP contribution in [0.25, 0.3) is 0 Å². The Morgan fingerprint density at radius 3 is 2.67 bits per heavy atom. The zero-order chi connectivity index (χ0) is 21.7. The molecule has 1 aliphatic rings. The Kier molecular flexibility index (Phi) is 7.10. The Morgan fingerprint density at radius 1 is 1.17 bits per heavy atom. The van der Waals surface area contributed by atoms with Gasteiger partial charge < -0.3 is 14.8 Å². The number of anilines is 2. The summed E-state index contributed by atoms with van der Waals surface area (Å²) in [5, 5.41) is 3.24. The summed E-state index contributed by atoms with van der Waals surface area (Å²) in [5.74, 6) is 0.818. The minimum Gasteiger partial charge on any atom is -0.489 e. The SMILES string of the molecule is CCCS(=O)(=O)Nc1cccc(NC(=O)Cc2cc(Cl)c3c(c2)OCCCO3)c1C. The lowest BCUT2D eigenvalue weighted by Crippen LogP contribution is -2.18. The molecule has 0 unspecified atom stereocenters. The lowest BCUT2D eigenvalue weighted by molar-refractivity contribution is -0.115. The van der Waals surface area contributed by atoms with Gasteiger partial charge in [0.2, 0.25) is 15.9 Å². The highest BCUT2D eigenvalue weighted by atomic mass is 35.5. The van der Waals surface area contributed by atoms with E-state index in [1.54, 1.807) is 44.2 Å². The van der Waals surface area contributed by atoms with Crippen LogP contribution in [0.5, 0.6) is 11.5 Å². The minimum absolute atomic E-state index is 0.0356. The molecule has 0 aliphatic carbocycles. The molecule has 7 nitrogen and oxygen atoms in total. The van der Waals surface area contributed by atoms with Crippen molar-refractivity contribution in [1.82, 2.24) is 0 Å². The van der Waals surface area contributed by atoms with Crippen molar-refractivity contribution in [3.8, 4) is 11.5 Å². The molecule has 1 aliphatic heterocycles. The second kappa shape index (κ2) is 9.57. The van der Waals surface area contributed by atoms with E-state index in [1.807, 2.05) is 0 Å². The summed E-state index contributed by atoms with van der Waals surface area (Å²) in [6.07, 6.45) is 1.36. The van der Waals surface area contributed by atoms with E-state index >= 15 is 0 Å². The van der Waals surface area contributed by atoms with Gasteiger partial charge in [0, 0.05) is 12.1 Å². The van der Waals surface area contributed by atoms with Crippen LogP contribution in [0.3, 0.4) is 0 Å². The molecular weight excluding hydrogens is 428 g/mol. The van der Waals surface area contributed by atoms with E-state index < -0.39 is 10.0 Å². The highest BCUT2D eigenvalue weighted by Gasteiger charge is 2.18. The van der Waals surface area contributed by atoms with Gasteiger partial charge in [0.1, 0.15) is 0 Å². The zero-order valence-electron chi connectivity index (χ0n) is 17.0. The third-order valence-electron chi connectivity index (χ3n) is 4.57. The van der Waals surface area contributed by atoms with Gasteiger partial charge in [-0.25, -0.2) is 8.42 Å². The molecule has 0 atom stereocenters. The van der Waals surface area contributed by atoms with Crippen molar-refractivity contribution in [3.05, 3.63) is 46.5 Å². The van der Waals surface area contributed by atoms with E-state index in [1.165, 1.54) is 0 Å². The van der Waals surface area contributed by atoms with Crippen LogP contribution in [-0.4, -0.2) is 33.3 Å². The predicted molar refractivity (Wildman–Crippen MR) is 118 cm³/mol. The molecule has 3 rings (SSSR count). The molecule has 0 radical (unpaired) electrons. The predicted octanol–water partition coefficient (Wildman–Crippen LogP) is 4.14. The first-order valence-corrected chi connectivity index (χ1v) is 11.8. The Balaban J connectivity index is 1.73. The third-order valence-corrected chi connectivity index (χ3v) is 6.33. The summed E-state index contributed by atoms with van der Waals surface area (Å²) in [7, 11) is -3.42. The molecule has 2 aromatic rings. The molecule has 0 saturated heterocycles. The number of nitrogens with one attached hydrogen (secondary N) is 2. The second-order valence-corrected chi connectivity index (χ2v) is 9.33. The van der Waals surface area contributed by atoms with Crippen LogP contribution in [-0.2, 0) is 21.2 Å². The van der Waals surface area contributed by atoms with Crippen molar-refractivity contribution in [2.75, 3.05) is 29.0 Å². The molecule has 0 aromatic heterocycles. The first-order chi connectivity index (χ1) is 14.3. The molecule has 1 heterocycles. The van der Waals surface area contributed by atoms with Gasteiger partial charge in [-0.05, 0) is 48.7 Å². The fourth-order valence-corrected chi connectivity index (χ4v) is 4.62. The average Bonchev–Trinajstić information content (AvgIpc) is 2.90. The van der Waals surface area contributed by atoms with Gasteiger partial charge in [-0.1, -0.05) is 24.6 Å². The Hall–Kier alpha value is -2.45. The lowest BCUT2D eigenvalue weighted by Gasteiger charge is -2.15. The van der Waals surface area contributed by atoms with Crippen LogP contribution in [0, 0.1) is 6.92 Å². The molecule has 30 heavy (non-hydrogen) atoms. The lowest BCUT2D eigenvalue weighted by atomic mass is 10.1. The molecule has 2 aromatic carbocycles. The number of hydrogen-bond acceptors (Lipinski definition) is 5. The maximum Gasteiger partial charge on any atom is 0.232 e. The number of halogens is 1. The van der Waals surface area contributed by atoms with Crippen molar-refractivity contribution < 1.29 is 22.7 Å². The number of sulfonamides is 1. The third kappa shape index (κ3) is 5.58. The van der Waals surface area contributed by atoms with E-state index in [-0.39, 0.29) is 18.1 Å². The summed E-state index contributed by atoms with van der Waals surface area (Å²) in [4.78, 5) is 12.6. The normalized spacial score (nSPS) is 13.4. The standard InChI is InChI=1S/C21H25ClN2O5S/c1-3-10-30(26,27)24-18-7-4-6-17(14(18)2)23-20(25)13-15-11-16(22)21-19(12-15)28-8-5-9-29-21/h4,6-7,11-12,24H,3,5,8-10,13H2,1-2H3,(H,23,25). The molecule has 0 fully saturated rings. The van der Waals surface area contributed by atoms with Gasteiger partial charge in [-0.3, -0.25) is 9.52 Å². The zero-order valence-corrected chi connectivity index (χ0v) is 18.5. The monoisotopic (exact) mass is 452 g/mol. The minimum atomic E-state index is -3.42.